The molecule has 0 aliphatic heterocycles. The Morgan fingerprint density at radius 2 is 2.19 bits per heavy atom. The van der Waals surface area contributed by atoms with Gasteiger partial charge in [-0.25, -0.2) is 4.98 Å². The van der Waals surface area contributed by atoms with Crippen LogP contribution < -0.4 is 0 Å². The Morgan fingerprint density at radius 1 is 1.25 bits per heavy atom. The molecule has 3 rings (SSSR count). The van der Waals surface area contributed by atoms with Crippen molar-refractivity contribution in [3.05, 3.63) is 57.6 Å². The van der Waals surface area contributed by atoms with Crippen molar-refractivity contribution >= 4 is 28.6 Å². The average molecular weight is 249 g/mol. The minimum absolute atomic E-state index is 0.697. The topological polar surface area (TPSA) is 17.3 Å². The van der Waals surface area contributed by atoms with Crippen molar-refractivity contribution < 1.29 is 0 Å². The van der Waals surface area contributed by atoms with Gasteiger partial charge in [0.1, 0.15) is 10.8 Å². The fraction of sp³-hybridized carbons (Fsp3) is 0.0833. The van der Waals surface area contributed by atoms with Crippen molar-refractivity contribution in [3.8, 4) is 0 Å². The first-order chi connectivity index (χ1) is 7.83. The van der Waals surface area contributed by atoms with Crippen LogP contribution in [0.25, 0.3) is 5.65 Å². The number of aromatic nitrogens is 2. The van der Waals surface area contributed by atoms with Crippen molar-refractivity contribution in [1.82, 2.24) is 9.38 Å². The van der Waals surface area contributed by atoms with Crippen LogP contribution in [0.5, 0.6) is 0 Å². The first-order valence-corrected chi connectivity index (χ1v) is 6.23. The van der Waals surface area contributed by atoms with Crippen LogP contribution in [-0.2, 0) is 6.42 Å². The van der Waals surface area contributed by atoms with Gasteiger partial charge in [0.2, 0.25) is 0 Å². The minimum Gasteiger partial charge on any atom is -0.290 e. The number of pyridine rings is 1. The number of hydrogen-bond acceptors (Lipinski definition) is 2. The van der Waals surface area contributed by atoms with Crippen LogP contribution in [0.2, 0.25) is 5.15 Å². The van der Waals surface area contributed by atoms with Gasteiger partial charge in [-0.15, -0.1) is 11.3 Å². The van der Waals surface area contributed by atoms with Crippen molar-refractivity contribution in [1.29, 1.82) is 0 Å². The van der Waals surface area contributed by atoms with Gasteiger partial charge < -0.3 is 0 Å². The molecule has 0 unspecified atom stereocenters. The first kappa shape index (κ1) is 9.87. The smallest absolute Gasteiger partial charge is 0.138 e. The van der Waals surface area contributed by atoms with Crippen LogP contribution in [0, 0.1) is 0 Å². The zero-order valence-corrected chi connectivity index (χ0v) is 10.0. The maximum Gasteiger partial charge on any atom is 0.138 e. The minimum atomic E-state index is 0.697. The monoisotopic (exact) mass is 248 g/mol. The summed E-state index contributed by atoms with van der Waals surface area (Å²) in [5.41, 5.74) is 1.95. The van der Waals surface area contributed by atoms with Crippen LogP contribution in [0.3, 0.4) is 0 Å². The molecule has 16 heavy (non-hydrogen) atoms. The van der Waals surface area contributed by atoms with E-state index in [-0.39, 0.29) is 0 Å². The molecule has 0 radical (unpaired) electrons. The lowest BCUT2D eigenvalue weighted by atomic mass is 10.3. The van der Waals surface area contributed by atoms with E-state index in [1.165, 1.54) is 4.88 Å². The van der Waals surface area contributed by atoms with Gasteiger partial charge in [-0.05, 0) is 23.6 Å². The maximum atomic E-state index is 6.08. The van der Waals surface area contributed by atoms with Gasteiger partial charge in [0.25, 0.3) is 0 Å². The second kappa shape index (κ2) is 3.92. The molecular weight excluding hydrogens is 240 g/mol. The molecule has 0 saturated carbocycles. The third-order valence-corrected chi connectivity index (χ3v) is 3.61. The summed E-state index contributed by atoms with van der Waals surface area (Å²) in [4.78, 5) is 5.85. The molecule has 0 N–H and O–H groups in total. The van der Waals surface area contributed by atoms with E-state index in [4.69, 9.17) is 11.6 Å². The van der Waals surface area contributed by atoms with Crippen LogP contribution in [0.4, 0.5) is 0 Å². The molecule has 0 atom stereocenters. The highest BCUT2D eigenvalue weighted by Crippen LogP contribution is 2.17. The van der Waals surface area contributed by atoms with Gasteiger partial charge in [-0.2, -0.15) is 0 Å². The van der Waals surface area contributed by atoms with Gasteiger partial charge in [-0.1, -0.05) is 23.7 Å². The molecule has 0 saturated heterocycles. The molecule has 0 aliphatic rings. The fourth-order valence-corrected chi connectivity index (χ4v) is 2.63. The van der Waals surface area contributed by atoms with Crippen molar-refractivity contribution in [2.45, 2.75) is 6.42 Å². The molecule has 3 aromatic heterocycles. The van der Waals surface area contributed by atoms with Crippen molar-refractivity contribution in [2.24, 2.45) is 0 Å². The molecule has 0 aromatic carbocycles. The lowest BCUT2D eigenvalue weighted by Crippen LogP contribution is -1.83. The van der Waals surface area contributed by atoms with Gasteiger partial charge in [-0.3, -0.25) is 4.40 Å². The van der Waals surface area contributed by atoms with E-state index in [1.807, 2.05) is 28.8 Å². The van der Waals surface area contributed by atoms with E-state index < -0.39 is 0 Å². The van der Waals surface area contributed by atoms with E-state index in [1.54, 1.807) is 11.3 Å². The Labute approximate surface area is 102 Å². The molecule has 0 bridgehead atoms. The van der Waals surface area contributed by atoms with E-state index in [0.717, 1.165) is 17.8 Å². The highest BCUT2D eigenvalue weighted by atomic mass is 35.5. The average Bonchev–Trinajstić information content (AvgIpc) is 2.88. The lowest BCUT2D eigenvalue weighted by molar-refractivity contribution is 1.14. The summed E-state index contributed by atoms with van der Waals surface area (Å²) in [5.74, 6) is 0. The van der Waals surface area contributed by atoms with Gasteiger partial charge >= 0.3 is 0 Å². The van der Waals surface area contributed by atoms with Gasteiger partial charge in [0.05, 0.1) is 5.69 Å². The molecule has 0 aliphatic carbocycles. The molecule has 80 valence electrons. The van der Waals surface area contributed by atoms with E-state index in [2.05, 4.69) is 22.5 Å². The molecule has 0 amide bonds. The summed E-state index contributed by atoms with van der Waals surface area (Å²) in [6, 6.07) is 9.92. The van der Waals surface area contributed by atoms with Gasteiger partial charge in [0, 0.05) is 17.5 Å². The van der Waals surface area contributed by atoms with Crippen LogP contribution in [0.1, 0.15) is 10.6 Å². The Kier molecular flexibility index (Phi) is 2.42. The maximum absolute atomic E-state index is 6.08. The summed E-state index contributed by atoms with van der Waals surface area (Å²) in [6.45, 7) is 0. The third kappa shape index (κ3) is 1.72. The first-order valence-electron chi connectivity index (χ1n) is 4.98. The Morgan fingerprint density at radius 3 is 2.94 bits per heavy atom. The second-order valence-corrected chi connectivity index (χ2v) is 4.98. The SMILES string of the molecule is Clc1cccc2nc(Cc3cccs3)cn12. The molecule has 3 heterocycles. The second-order valence-electron chi connectivity index (χ2n) is 3.57. The highest BCUT2D eigenvalue weighted by molar-refractivity contribution is 7.09. The summed E-state index contributed by atoms with van der Waals surface area (Å²) in [6.07, 6.45) is 2.87. The molecular formula is C12H9ClN2S. The van der Waals surface area contributed by atoms with Crippen LogP contribution >= 0.6 is 22.9 Å². The Balaban J connectivity index is 2.02. The Hall–Kier alpha value is -1.32. The predicted octanol–water partition coefficient (Wildman–Crippen LogP) is 3.64. The number of halogens is 1. The molecule has 2 nitrogen and oxygen atoms in total. The number of thiophene rings is 1. The summed E-state index contributed by atoms with van der Waals surface area (Å²) in [5, 5.41) is 2.78. The summed E-state index contributed by atoms with van der Waals surface area (Å²) in [7, 11) is 0. The lowest BCUT2D eigenvalue weighted by Gasteiger charge is -1.93. The normalized spacial score (nSPS) is 11.1. The largest absolute Gasteiger partial charge is 0.290 e. The number of fused-ring (bicyclic) bond motifs is 1. The quantitative estimate of drug-likeness (QED) is 0.633. The predicted molar refractivity (Wildman–Crippen MR) is 67.3 cm³/mol. The van der Waals surface area contributed by atoms with Gasteiger partial charge in [0.15, 0.2) is 0 Å². The molecule has 4 heteroatoms. The number of nitrogens with zero attached hydrogens (tertiary/aromatic N) is 2. The van der Waals surface area contributed by atoms with Crippen LogP contribution in [-0.4, -0.2) is 9.38 Å². The van der Waals surface area contributed by atoms with Crippen molar-refractivity contribution in [2.75, 3.05) is 0 Å². The van der Waals surface area contributed by atoms with E-state index in [0.29, 0.717) is 5.15 Å². The summed E-state index contributed by atoms with van der Waals surface area (Å²) >= 11 is 7.83. The van der Waals surface area contributed by atoms with Crippen LogP contribution in [0.15, 0.2) is 41.9 Å². The zero-order chi connectivity index (χ0) is 11.0. The number of hydrogen-bond donors (Lipinski definition) is 0. The molecule has 0 spiro atoms. The third-order valence-electron chi connectivity index (χ3n) is 2.43. The van der Waals surface area contributed by atoms with E-state index in [9.17, 15) is 0 Å². The molecule has 0 fully saturated rings. The number of imidazole rings is 1. The fourth-order valence-electron chi connectivity index (χ4n) is 1.70. The van der Waals surface area contributed by atoms with E-state index >= 15 is 0 Å². The highest BCUT2D eigenvalue weighted by Gasteiger charge is 2.05. The molecule has 3 aromatic rings. The Bertz CT molecular complexity index is 613. The van der Waals surface area contributed by atoms with Crippen molar-refractivity contribution in [3.63, 3.8) is 0 Å². The zero-order valence-electron chi connectivity index (χ0n) is 8.43. The summed E-state index contributed by atoms with van der Waals surface area (Å²) < 4.78 is 1.91. The number of rotatable bonds is 2. The standard InChI is InChI=1S/C12H9ClN2S/c13-11-4-1-5-12-14-9(8-15(11)12)7-10-3-2-6-16-10/h1-6,8H,7H2.